The van der Waals surface area contributed by atoms with Crippen LogP contribution in [0.15, 0.2) is 97.1 Å². The molecule has 28 heavy (non-hydrogen) atoms. The Hall–Kier alpha value is -3.52. The van der Waals surface area contributed by atoms with E-state index in [1.165, 1.54) is 44.3 Å². The van der Waals surface area contributed by atoms with Gasteiger partial charge < -0.3 is 9.47 Å². The largest absolute Gasteiger partial charge is 0.344 e. The van der Waals surface area contributed by atoms with Crippen molar-refractivity contribution in [2.45, 2.75) is 6.04 Å². The molecule has 2 nitrogen and oxygen atoms in total. The Labute approximate surface area is 164 Å². The molecule has 0 N–H and O–H groups in total. The van der Waals surface area contributed by atoms with Crippen molar-refractivity contribution in [3.05, 3.63) is 108 Å². The van der Waals surface area contributed by atoms with Crippen molar-refractivity contribution >= 4 is 33.2 Å². The molecular weight excluding hydrogens is 340 g/mol. The average Bonchev–Trinajstić information content (AvgIpc) is 3.09. The first-order valence-corrected chi connectivity index (χ1v) is 9.74. The van der Waals surface area contributed by atoms with Gasteiger partial charge in [-0.3, -0.25) is 0 Å². The van der Waals surface area contributed by atoms with E-state index in [1.807, 2.05) is 0 Å². The van der Waals surface area contributed by atoms with Gasteiger partial charge in [0, 0.05) is 51.4 Å². The standard InChI is InChI=1S/C26H20N2/c1-27-22-14-6-4-12-20(22)26(21-13-5-7-15-23(21)27)28-24-16-8-2-10-18(24)19-11-3-9-17-25(19)28/h2-17,26H,1H3. The van der Waals surface area contributed by atoms with Crippen molar-refractivity contribution in [1.29, 1.82) is 0 Å². The first-order valence-electron chi connectivity index (χ1n) is 9.74. The highest BCUT2D eigenvalue weighted by atomic mass is 15.1. The normalized spacial score (nSPS) is 13.7. The van der Waals surface area contributed by atoms with Gasteiger partial charge in [0.1, 0.15) is 0 Å². The molecular formula is C26H20N2. The number of anilines is 2. The quantitative estimate of drug-likeness (QED) is 0.331. The van der Waals surface area contributed by atoms with Crippen molar-refractivity contribution in [2.24, 2.45) is 0 Å². The van der Waals surface area contributed by atoms with E-state index >= 15 is 0 Å². The molecule has 0 bridgehead atoms. The molecule has 0 amide bonds. The fraction of sp³-hybridized carbons (Fsp3) is 0.0769. The van der Waals surface area contributed by atoms with Crippen molar-refractivity contribution in [2.75, 3.05) is 11.9 Å². The summed E-state index contributed by atoms with van der Waals surface area (Å²) in [4.78, 5) is 2.31. The van der Waals surface area contributed by atoms with E-state index in [1.54, 1.807) is 0 Å². The van der Waals surface area contributed by atoms with E-state index in [9.17, 15) is 0 Å². The number of hydrogen-bond donors (Lipinski definition) is 0. The Morgan fingerprint density at radius 2 is 0.964 bits per heavy atom. The molecule has 0 saturated carbocycles. The van der Waals surface area contributed by atoms with Crippen molar-refractivity contribution in [3.8, 4) is 0 Å². The number of nitrogens with zero attached hydrogens (tertiary/aromatic N) is 2. The predicted molar refractivity (Wildman–Crippen MR) is 118 cm³/mol. The zero-order chi connectivity index (χ0) is 18.7. The first-order chi connectivity index (χ1) is 13.8. The summed E-state index contributed by atoms with van der Waals surface area (Å²) in [5.41, 5.74) is 7.79. The molecule has 0 saturated heterocycles. The molecule has 0 aliphatic carbocycles. The Kier molecular flexibility index (Phi) is 3.18. The van der Waals surface area contributed by atoms with Gasteiger partial charge in [-0.2, -0.15) is 0 Å². The maximum absolute atomic E-state index is 2.52. The van der Waals surface area contributed by atoms with Crippen LogP contribution in [0.2, 0.25) is 0 Å². The molecule has 1 aromatic heterocycles. The van der Waals surface area contributed by atoms with Crippen molar-refractivity contribution in [3.63, 3.8) is 0 Å². The van der Waals surface area contributed by atoms with Crippen LogP contribution in [0.3, 0.4) is 0 Å². The highest BCUT2D eigenvalue weighted by molar-refractivity contribution is 6.08. The van der Waals surface area contributed by atoms with Crippen LogP contribution in [0, 0.1) is 0 Å². The number of para-hydroxylation sites is 4. The van der Waals surface area contributed by atoms with Gasteiger partial charge in [0.2, 0.25) is 0 Å². The summed E-state index contributed by atoms with van der Waals surface area (Å²) in [7, 11) is 2.17. The minimum Gasteiger partial charge on any atom is -0.344 e. The average molecular weight is 360 g/mol. The molecule has 5 aromatic rings. The lowest BCUT2D eigenvalue weighted by atomic mass is 9.90. The summed E-state index contributed by atoms with van der Waals surface area (Å²) >= 11 is 0. The van der Waals surface area contributed by atoms with Gasteiger partial charge in [0.25, 0.3) is 0 Å². The summed E-state index contributed by atoms with van der Waals surface area (Å²) < 4.78 is 2.52. The second-order valence-corrected chi connectivity index (χ2v) is 7.48. The van der Waals surface area contributed by atoms with Crippen LogP contribution in [0.25, 0.3) is 21.8 Å². The molecule has 2 heterocycles. The molecule has 134 valence electrons. The number of aromatic nitrogens is 1. The monoisotopic (exact) mass is 360 g/mol. The Balaban J connectivity index is 1.78. The Morgan fingerprint density at radius 3 is 1.50 bits per heavy atom. The van der Waals surface area contributed by atoms with Crippen LogP contribution in [0.5, 0.6) is 0 Å². The Bertz CT molecular complexity index is 1240. The zero-order valence-electron chi connectivity index (χ0n) is 15.7. The third-order valence-electron chi connectivity index (χ3n) is 6.06. The van der Waals surface area contributed by atoms with Crippen LogP contribution >= 0.6 is 0 Å². The maximum Gasteiger partial charge on any atom is 0.0885 e. The van der Waals surface area contributed by atoms with Crippen LogP contribution in [-0.2, 0) is 0 Å². The third-order valence-corrected chi connectivity index (χ3v) is 6.06. The first kappa shape index (κ1) is 15.5. The Morgan fingerprint density at radius 1 is 0.536 bits per heavy atom. The molecule has 0 spiro atoms. The van der Waals surface area contributed by atoms with Crippen LogP contribution in [-0.4, -0.2) is 11.6 Å². The summed E-state index contributed by atoms with van der Waals surface area (Å²) in [5.74, 6) is 0. The fourth-order valence-electron chi connectivity index (χ4n) is 4.85. The smallest absolute Gasteiger partial charge is 0.0885 e. The van der Waals surface area contributed by atoms with Gasteiger partial charge in [-0.15, -0.1) is 0 Å². The van der Waals surface area contributed by atoms with Gasteiger partial charge in [-0.05, 0) is 24.3 Å². The molecule has 0 radical (unpaired) electrons. The highest BCUT2D eigenvalue weighted by Gasteiger charge is 2.31. The highest BCUT2D eigenvalue weighted by Crippen LogP contribution is 2.47. The van der Waals surface area contributed by atoms with E-state index in [-0.39, 0.29) is 6.04 Å². The van der Waals surface area contributed by atoms with Gasteiger partial charge in [0.15, 0.2) is 0 Å². The number of hydrogen-bond acceptors (Lipinski definition) is 1. The summed E-state index contributed by atoms with van der Waals surface area (Å²) in [6.07, 6.45) is 0. The zero-order valence-corrected chi connectivity index (χ0v) is 15.7. The van der Waals surface area contributed by atoms with Crippen LogP contribution in [0.1, 0.15) is 17.2 Å². The molecule has 1 aliphatic rings. The SMILES string of the molecule is CN1c2ccccc2C(n2c3ccccc3c3ccccc32)c2ccccc21. The predicted octanol–water partition coefficient (Wildman–Crippen LogP) is 6.51. The lowest BCUT2D eigenvalue weighted by Crippen LogP contribution is -2.25. The second kappa shape index (κ2) is 5.74. The van der Waals surface area contributed by atoms with Gasteiger partial charge in [0.05, 0.1) is 6.04 Å². The van der Waals surface area contributed by atoms with Gasteiger partial charge in [-0.1, -0.05) is 72.8 Å². The topological polar surface area (TPSA) is 8.17 Å². The van der Waals surface area contributed by atoms with Crippen molar-refractivity contribution in [1.82, 2.24) is 4.57 Å². The van der Waals surface area contributed by atoms with E-state index in [0.29, 0.717) is 0 Å². The molecule has 0 fully saturated rings. The molecule has 1 aliphatic heterocycles. The lowest BCUT2D eigenvalue weighted by Gasteiger charge is -2.36. The maximum atomic E-state index is 2.52. The van der Waals surface area contributed by atoms with E-state index in [4.69, 9.17) is 0 Å². The number of rotatable bonds is 1. The second-order valence-electron chi connectivity index (χ2n) is 7.48. The van der Waals surface area contributed by atoms with E-state index in [2.05, 4.69) is 114 Å². The molecule has 6 rings (SSSR count). The third kappa shape index (κ3) is 1.97. The minimum atomic E-state index is 0.147. The van der Waals surface area contributed by atoms with Gasteiger partial charge >= 0.3 is 0 Å². The fourth-order valence-corrected chi connectivity index (χ4v) is 4.85. The minimum absolute atomic E-state index is 0.147. The summed E-state index contributed by atoms with van der Waals surface area (Å²) in [6.45, 7) is 0. The summed E-state index contributed by atoms with van der Waals surface area (Å²) in [5, 5.41) is 2.62. The van der Waals surface area contributed by atoms with E-state index in [0.717, 1.165) is 0 Å². The number of fused-ring (bicyclic) bond motifs is 5. The number of benzene rings is 4. The summed E-state index contributed by atoms with van der Waals surface area (Å²) in [6, 6.07) is 35.2. The van der Waals surface area contributed by atoms with Crippen LogP contribution < -0.4 is 4.90 Å². The van der Waals surface area contributed by atoms with Crippen LogP contribution in [0.4, 0.5) is 11.4 Å². The van der Waals surface area contributed by atoms with Gasteiger partial charge in [-0.25, -0.2) is 0 Å². The molecule has 0 unspecified atom stereocenters. The molecule has 0 atom stereocenters. The lowest BCUT2D eigenvalue weighted by molar-refractivity contribution is 0.714. The molecule has 4 aromatic carbocycles. The molecule has 2 heteroatoms. The van der Waals surface area contributed by atoms with E-state index < -0.39 is 0 Å². The van der Waals surface area contributed by atoms with Crippen molar-refractivity contribution < 1.29 is 0 Å².